The summed E-state index contributed by atoms with van der Waals surface area (Å²) in [5.41, 5.74) is 1.69. The largest absolute Gasteiger partial charge is 0.486 e. The predicted octanol–water partition coefficient (Wildman–Crippen LogP) is 2.98. The molecule has 126 valence electrons. The zero-order valence-corrected chi connectivity index (χ0v) is 13.3. The van der Waals surface area contributed by atoms with E-state index in [1.165, 1.54) is 0 Å². The van der Waals surface area contributed by atoms with Gasteiger partial charge in [-0.05, 0) is 24.3 Å². The molecule has 6 nitrogen and oxygen atoms in total. The SMILES string of the molecule is O=C(OCC(=O)c1c[nH]c2ccccc12)c1ccc2c(c1)OCCO2. The van der Waals surface area contributed by atoms with Crippen LogP contribution in [0.2, 0.25) is 0 Å². The number of aromatic nitrogens is 1. The predicted molar refractivity (Wildman–Crippen MR) is 90.3 cm³/mol. The van der Waals surface area contributed by atoms with Crippen LogP contribution in [0.5, 0.6) is 11.5 Å². The summed E-state index contributed by atoms with van der Waals surface area (Å²) < 4.78 is 16.0. The Hall–Kier alpha value is -3.28. The Morgan fingerprint density at radius 3 is 2.72 bits per heavy atom. The van der Waals surface area contributed by atoms with Crippen LogP contribution in [0, 0.1) is 0 Å². The van der Waals surface area contributed by atoms with Gasteiger partial charge < -0.3 is 19.2 Å². The monoisotopic (exact) mass is 337 g/mol. The minimum atomic E-state index is -0.579. The third kappa shape index (κ3) is 2.94. The van der Waals surface area contributed by atoms with Gasteiger partial charge in [-0.25, -0.2) is 4.79 Å². The summed E-state index contributed by atoms with van der Waals surface area (Å²) in [6.07, 6.45) is 1.63. The van der Waals surface area contributed by atoms with Crippen molar-refractivity contribution in [3.63, 3.8) is 0 Å². The smallest absolute Gasteiger partial charge is 0.338 e. The van der Waals surface area contributed by atoms with E-state index in [4.69, 9.17) is 14.2 Å². The number of Topliss-reactive ketones (excluding diaryl/α,β-unsaturated/α-hetero) is 1. The van der Waals surface area contributed by atoms with Gasteiger partial charge in [-0.2, -0.15) is 0 Å². The summed E-state index contributed by atoms with van der Waals surface area (Å²) in [7, 11) is 0. The molecular formula is C19H15NO5. The molecule has 0 spiro atoms. The lowest BCUT2D eigenvalue weighted by Gasteiger charge is -2.18. The first-order chi connectivity index (χ1) is 12.2. The highest BCUT2D eigenvalue weighted by atomic mass is 16.6. The lowest BCUT2D eigenvalue weighted by atomic mass is 10.1. The molecule has 0 atom stereocenters. The molecule has 0 saturated heterocycles. The second-order valence-electron chi connectivity index (χ2n) is 5.61. The van der Waals surface area contributed by atoms with Gasteiger partial charge in [-0.3, -0.25) is 4.79 Å². The van der Waals surface area contributed by atoms with Crippen LogP contribution in [-0.4, -0.2) is 36.6 Å². The minimum absolute atomic E-state index is 0.261. The van der Waals surface area contributed by atoms with Crippen molar-refractivity contribution < 1.29 is 23.8 Å². The number of H-pyrrole nitrogens is 1. The van der Waals surface area contributed by atoms with Crippen LogP contribution in [0.3, 0.4) is 0 Å². The quantitative estimate of drug-likeness (QED) is 0.585. The second-order valence-corrected chi connectivity index (χ2v) is 5.61. The summed E-state index contributed by atoms with van der Waals surface area (Å²) in [6.45, 7) is 0.593. The first-order valence-electron chi connectivity index (χ1n) is 7.88. The summed E-state index contributed by atoms with van der Waals surface area (Å²) in [6, 6.07) is 12.3. The number of carbonyl (C=O) groups excluding carboxylic acids is 2. The number of ketones is 1. The van der Waals surface area contributed by atoms with E-state index >= 15 is 0 Å². The number of carbonyl (C=O) groups is 2. The molecule has 1 aliphatic heterocycles. The van der Waals surface area contributed by atoms with Crippen molar-refractivity contribution in [1.29, 1.82) is 0 Å². The summed E-state index contributed by atoms with van der Waals surface area (Å²) in [4.78, 5) is 27.6. The molecule has 4 rings (SSSR count). The fourth-order valence-electron chi connectivity index (χ4n) is 2.76. The number of ether oxygens (including phenoxy) is 3. The van der Waals surface area contributed by atoms with Crippen LogP contribution in [-0.2, 0) is 4.74 Å². The molecule has 1 aromatic heterocycles. The van der Waals surface area contributed by atoms with Crippen LogP contribution >= 0.6 is 0 Å². The van der Waals surface area contributed by atoms with E-state index in [-0.39, 0.29) is 12.4 Å². The van der Waals surface area contributed by atoms with Crippen LogP contribution in [0.1, 0.15) is 20.7 Å². The van der Waals surface area contributed by atoms with Gasteiger partial charge in [0, 0.05) is 22.7 Å². The Balaban J connectivity index is 1.45. The average Bonchev–Trinajstić information content (AvgIpc) is 3.09. The number of benzene rings is 2. The Labute approximate surface area is 143 Å². The maximum absolute atomic E-state index is 12.3. The second kappa shape index (κ2) is 6.32. The minimum Gasteiger partial charge on any atom is -0.486 e. The van der Waals surface area contributed by atoms with Crippen molar-refractivity contribution in [3.8, 4) is 11.5 Å². The molecule has 0 bridgehead atoms. The Bertz CT molecular complexity index is 959. The molecular weight excluding hydrogens is 322 g/mol. The van der Waals surface area contributed by atoms with Gasteiger partial charge in [0.25, 0.3) is 0 Å². The molecule has 2 heterocycles. The van der Waals surface area contributed by atoms with E-state index in [1.54, 1.807) is 24.4 Å². The average molecular weight is 337 g/mol. The van der Waals surface area contributed by atoms with Crippen molar-refractivity contribution in [3.05, 3.63) is 59.8 Å². The maximum Gasteiger partial charge on any atom is 0.338 e. The lowest BCUT2D eigenvalue weighted by Crippen LogP contribution is -2.17. The van der Waals surface area contributed by atoms with Crippen molar-refractivity contribution in [1.82, 2.24) is 4.98 Å². The molecule has 1 N–H and O–H groups in total. The van der Waals surface area contributed by atoms with Crippen molar-refractivity contribution >= 4 is 22.7 Å². The van der Waals surface area contributed by atoms with E-state index < -0.39 is 5.97 Å². The molecule has 1 aliphatic rings. The molecule has 25 heavy (non-hydrogen) atoms. The van der Waals surface area contributed by atoms with E-state index in [2.05, 4.69) is 4.98 Å². The molecule has 0 radical (unpaired) electrons. The van der Waals surface area contributed by atoms with Gasteiger partial charge in [-0.15, -0.1) is 0 Å². The Kier molecular flexibility index (Phi) is 3.85. The standard InChI is InChI=1S/C19H15NO5/c21-16(14-10-20-15-4-2-1-3-13(14)15)11-25-19(22)12-5-6-17-18(9-12)24-8-7-23-17/h1-6,9-10,20H,7-8,11H2. The number of nitrogens with one attached hydrogen (secondary N) is 1. The van der Waals surface area contributed by atoms with Crippen LogP contribution < -0.4 is 9.47 Å². The Morgan fingerprint density at radius 2 is 1.84 bits per heavy atom. The van der Waals surface area contributed by atoms with Gasteiger partial charge in [0.15, 0.2) is 18.1 Å². The number of fused-ring (bicyclic) bond motifs is 2. The highest BCUT2D eigenvalue weighted by Crippen LogP contribution is 2.31. The summed E-state index contributed by atoms with van der Waals surface area (Å²) in [5, 5.41) is 0.808. The van der Waals surface area contributed by atoms with E-state index in [0.29, 0.717) is 35.8 Å². The summed E-state index contributed by atoms with van der Waals surface area (Å²) in [5.74, 6) is 0.259. The first-order valence-corrected chi connectivity index (χ1v) is 7.88. The summed E-state index contributed by atoms with van der Waals surface area (Å²) >= 11 is 0. The zero-order chi connectivity index (χ0) is 17.2. The number of hydrogen-bond donors (Lipinski definition) is 1. The van der Waals surface area contributed by atoms with Crippen LogP contribution in [0.4, 0.5) is 0 Å². The molecule has 0 saturated carbocycles. The van der Waals surface area contributed by atoms with Gasteiger partial charge in [-0.1, -0.05) is 18.2 Å². The maximum atomic E-state index is 12.3. The normalized spacial score (nSPS) is 12.8. The molecule has 0 unspecified atom stereocenters. The third-order valence-corrected chi connectivity index (χ3v) is 4.00. The molecule has 3 aromatic rings. The molecule has 2 aromatic carbocycles. The van der Waals surface area contributed by atoms with Crippen LogP contribution in [0.25, 0.3) is 10.9 Å². The third-order valence-electron chi connectivity index (χ3n) is 4.00. The number of rotatable bonds is 4. The molecule has 0 aliphatic carbocycles. The van der Waals surface area contributed by atoms with E-state index in [9.17, 15) is 9.59 Å². The highest BCUT2D eigenvalue weighted by molar-refractivity contribution is 6.09. The number of aromatic amines is 1. The first kappa shape index (κ1) is 15.3. The molecule has 0 fully saturated rings. The van der Waals surface area contributed by atoms with Crippen molar-refractivity contribution in [2.24, 2.45) is 0 Å². The molecule has 0 amide bonds. The highest BCUT2D eigenvalue weighted by Gasteiger charge is 2.18. The van der Waals surface area contributed by atoms with E-state index in [1.807, 2.05) is 24.3 Å². The van der Waals surface area contributed by atoms with Gasteiger partial charge in [0.1, 0.15) is 13.2 Å². The fraction of sp³-hybridized carbons (Fsp3) is 0.158. The number of esters is 1. The zero-order valence-electron chi connectivity index (χ0n) is 13.3. The number of para-hydroxylation sites is 1. The van der Waals surface area contributed by atoms with Gasteiger partial charge in [0.2, 0.25) is 5.78 Å². The molecule has 6 heteroatoms. The fourth-order valence-corrected chi connectivity index (χ4v) is 2.76. The van der Waals surface area contributed by atoms with Gasteiger partial charge >= 0.3 is 5.97 Å². The van der Waals surface area contributed by atoms with Gasteiger partial charge in [0.05, 0.1) is 5.56 Å². The lowest BCUT2D eigenvalue weighted by molar-refractivity contribution is 0.0474. The van der Waals surface area contributed by atoms with Crippen molar-refractivity contribution in [2.75, 3.05) is 19.8 Å². The topological polar surface area (TPSA) is 77.6 Å². The number of hydrogen-bond acceptors (Lipinski definition) is 5. The Morgan fingerprint density at radius 1 is 1.04 bits per heavy atom. The van der Waals surface area contributed by atoms with E-state index in [0.717, 1.165) is 10.9 Å². The van der Waals surface area contributed by atoms with Crippen molar-refractivity contribution in [2.45, 2.75) is 0 Å². The van der Waals surface area contributed by atoms with Crippen LogP contribution in [0.15, 0.2) is 48.7 Å².